The van der Waals surface area contributed by atoms with Crippen LogP contribution in [0, 0.1) is 5.41 Å². The minimum Gasteiger partial charge on any atom is -0.297 e. The molecule has 0 heterocycles. The van der Waals surface area contributed by atoms with Gasteiger partial charge in [-0.15, -0.1) is 0 Å². The van der Waals surface area contributed by atoms with Gasteiger partial charge in [-0.3, -0.25) is 10.2 Å². The number of fused-ring (bicyclic) bond motifs is 1. The average Bonchev–Trinajstić information content (AvgIpc) is 2.23. The van der Waals surface area contributed by atoms with Crippen LogP contribution in [0.3, 0.4) is 0 Å². The molecule has 0 aromatic heterocycles. The summed E-state index contributed by atoms with van der Waals surface area (Å²) < 4.78 is 0. The molecule has 1 N–H and O–H groups in total. The van der Waals surface area contributed by atoms with Gasteiger partial charge >= 0.3 is 0 Å². The lowest BCUT2D eigenvalue weighted by Crippen LogP contribution is -2.16. The number of ketones is 1. The fourth-order valence-corrected chi connectivity index (χ4v) is 1.86. The van der Waals surface area contributed by atoms with E-state index in [2.05, 4.69) is 13.8 Å². The number of rotatable bonds is 1. The minimum absolute atomic E-state index is 0.0726. The van der Waals surface area contributed by atoms with Crippen molar-refractivity contribution in [2.75, 3.05) is 0 Å². The van der Waals surface area contributed by atoms with Crippen molar-refractivity contribution in [2.45, 2.75) is 19.8 Å². The van der Waals surface area contributed by atoms with E-state index >= 15 is 0 Å². The molecule has 0 aliphatic heterocycles. The zero-order valence-electron chi connectivity index (χ0n) is 8.87. The van der Waals surface area contributed by atoms with Crippen molar-refractivity contribution < 1.29 is 4.79 Å². The fourth-order valence-electron chi connectivity index (χ4n) is 1.86. The largest absolute Gasteiger partial charge is 0.297 e. The van der Waals surface area contributed by atoms with Crippen LogP contribution in [-0.2, 0) is 0 Å². The molecule has 2 rings (SSSR count). The topological polar surface area (TPSA) is 40.9 Å². The van der Waals surface area contributed by atoms with Gasteiger partial charge < -0.3 is 0 Å². The summed E-state index contributed by atoms with van der Waals surface area (Å²) in [5.41, 5.74) is 2.88. The van der Waals surface area contributed by atoms with Crippen LogP contribution in [0.5, 0.6) is 0 Å². The Balaban J connectivity index is 2.66. The molecule has 0 fully saturated rings. The molecule has 2 nitrogen and oxygen atoms in total. The molecule has 1 aromatic rings. The highest BCUT2D eigenvalue weighted by Crippen LogP contribution is 2.26. The highest BCUT2D eigenvalue weighted by atomic mass is 16.1. The molecule has 0 bridgehead atoms. The Labute approximate surface area is 89.1 Å². The van der Waals surface area contributed by atoms with Crippen molar-refractivity contribution in [1.29, 1.82) is 5.41 Å². The van der Waals surface area contributed by atoms with Gasteiger partial charge in [0.15, 0.2) is 0 Å². The Bertz CT molecular complexity index is 469. The predicted molar refractivity (Wildman–Crippen MR) is 61.6 cm³/mol. The monoisotopic (exact) mass is 199 g/mol. The number of carbonyl (C=O) groups excluding carboxylic acids is 1. The summed E-state index contributed by atoms with van der Waals surface area (Å²) in [6.07, 6.45) is 3.45. The van der Waals surface area contributed by atoms with Gasteiger partial charge in [0.05, 0.1) is 0 Å². The third-order valence-corrected chi connectivity index (χ3v) is 2.67. The molecule has 1 aliphatic carbocycles. The maximum Gasteiger partial charge on any atom is 0.211 e. The van der Waals surface area contributed by atoms with Crippen LogP contribution in [0.2, 0.25) is 0 Å². The first-order valence-electron chi connectivity index (χ1n) is 5.05. The summed E-state index contributed by atoms with van der Waals surface area (Å²) >= 11 is 0. The van der Waals surface area contributed by atoms with Crippen molar-refractivity contribution in [3.05, 3.63) is 41.0 Å². The number of allylic oxidation sites excluding steroid dienone is 1. The Hall–Kier alpha value is -1.70. The lowest BCUT2D eigenvalue weighted by Gasteiger charge is -2.16. The van der Waals surface area contributed by atoms with Crippen LogP contribution in [-0.4, -0.2) is 11.5 Å². The zero-order valence-corrected chi connectivity index (χ0v) is 8.87. The average molecular weight is 199 g/mol. The van der Waals surface area contributed by atoms with E-state index in [0.29, 0.717) is 11.5 Å². The van der Waals surface area contributed by atoms with Crippen molar-refractivity contribution >= 4 is 17.6 Å². The van der Waals surface area contributed by atoms with Gasteiger partial charge in [-0.25, -0.2) is 0 Å². The van der Waals surface area contributed by atoms with Gasteiger partial charge in [0.1, 0.15) is 5.71 Å². The standard InChI is InChI=1S/C13H13NO/c1-8(2)9-4-3-5-11-10(9)6-7-12(14)13(11)15/h3-8,14H,1-2H3. The number of hydrogen-bond donors (Lipinski definition) is 1. The van der Waals surface area contributed by atoms with Crippen LogP contribution in [0.1, 0.15) is 41.3 Å². The molecule has 76 valence electrons. The first-order valence-corrected chi connectivity index (χ1v) is 5.05. The first-order chi connectivity index (χ1) is 7.11. The molecule has 0 atom stereocenters. The SMILES string of the molecule is CC(C)c1cccc2c1C=CC(=N)C2=O. The van der Waals surface area contributed by atoms with E-state index in [1.54, 1.807) is 12.1 Å². The predicted octanol–water partition coefficient (Wildman–Crippen LogP) is 3.04. The van der Waals surface area contributed by atoms with Gasteiger partial charge in [-0.1, -0.05) is 38.1 Å². The lowest BCUT2D eigenvalue weighted by atomic mass is 9.87. The van der Waals surface area contributed by atoms with Gasteiger partial charge in [0.2, 0.25) is 5.78 Å². The molecule has 0 radical (unpaired) electrons. The van der Waals surface area contributed by atoms with E-state index in [9.17, 15) is 4.79 Å². The van der Waals surface area contributed by atoms with Gasteiger partial charge in [-0.05, 0) is 23.1 Å². The molecule has 1 aliphatic rings. The quantitative estimate of drug-likeness (QED) is 0.742. The number of benzene rings is 1. The van der Waals surface area contributed by atoms with Gasteiger partial charge in [-0.2, -0.15) is 0 Å². The van der Waals surface area contributed by atoms with E-state index in [0.717, 1.165) is 5.56 Å². The minimum atomic E-state index is -0.171. The van der Waals surface area contributed by atoms with E-state index in [1.807, 2.05) is 18.2 Å². The summed E-state index contributed by atoms with van der Waals surface area (Å²) in [6, 6.07) is 5.72. The van der Waals surface area contributed by atoms with Crippen molar-refractivity contribution in [2.24, 2.45) is 0 Å². The second kappa shape index (κ2) is 3.46. The van der Waals surface area contributed by atoms with Crippen LogP contribution in [0.15, 0.2) is 24.3 Å². The van der Waals surface area contributed by atoms with Gasteiger partial charge in [0.25, 0.3) is 0 Å². The highest BCUT2D eigenvalue weighted by molar-refractivity contribution is 6.51. The molecule has 0 spiro atoms. The number of carbonyl (C=O) groups is 1. The summed E-state index contributed by atoms with van der Waals surface area (Å²) in [6.45, 7) is 4.21. The van der Waals surface area contributed by atoms with Gasteiger partial charge in [0, 0.05) is 5.56 Å². The first kappa shape index (κ1) is 9.84. The summed E-state index contributed by atoms with van der Waals surface area (Å²) in [5.74, 6) is 0.222. The Morgan fingerprint density at radius 2 is 1.93 bits per heavy atom. The van der Waals surface area contributed by atoms with Crippen molar-refractivity contribution in [1.82, 2.24) is 0 Å². The maximum absolute atomic E-state index is 11.7. The molecule has 0 unspecified atom stereocenters. The molecular formula is C13H13NO. The Morgan fingerprint density at radius 1 is 1.20 bits per heavy atom. The number of hydrogen-bond acceptors (Lipinski definition) is 2. The van der Waals surface area contributed by atoms with E-state index in [1.165, 1.54) is 5.56 Å². The number of nitrogens with one attached hydrogen (secondary N) is 1. The zero-order chi connectivity index (χ0) is 11.0. The smallest absolute Gasteiger partial charge is 0.211 e. The third-order valence-electron chi connectivity index (χ3n) is 2.67. The van der Waals surface area contributed by atoms with Crippen molar-refractivity contribution in [3.8, 4) is 0 Å². The molecule has 0 saturated carbocycles. The van der Waals surface area contributed by atoms with E-state index in [-0.39, 0.29) is 11.5 Å². The third kappa shape index (κ3) is 1.52. The summed E-state index contributed by atoms with van der Waals surface area (Å²) in [4.78, 5) is 11.7. The van der Waals surface area contributed by atoms with E-state index < -0.39 is 0 Å². The van der Waals surface area contributed by atoms with Crippen LogP contribution >= 0.6 is 0 Å². The molecule has 15 heavy (non-hydrogen) atoms. The molecule has 0 amide bonds. The second-order valence-corrected chi connectivity index (χ2v) is 4.04. The molecule has 0 saturated heterocycles. The normalized spacial score (nSPS) is 14.6. The molecule has 2 heteroatoms. The van der Waals surface area contributed by atoms with Crippen LogP contribution in [0.4, 0.5) is 0 Å². The Kier molecular flexibility index (Phi) is 2.27. The highest BCUT2D eigenvalue weighted by Gasteiger charge is 2.20. The van der Waals surface area contributed by atoms with Crippen LogP contribution < -0.4 is 0 Å². The number of Topliss-reactive ketones (excluding diaryl/α,β-unsaturated/α-hetero) is 1. The molecule has 1 aromatic carbocycles. The maximum atomic E-state index is 11.7. The van der Waals surface area contributed by atoms with Crippen LogP contribution in [0.25, 0.3) is 6.08 Å². The van der Waals surface area contributed by atoms with E-state index in [4.69, 9.17) is 5.41 Å². The lowest BCUT2D eigenvalue weighted by molar-refractivity contribution is 0.106. The second-order valence-electron chi connectivity index (χ2n) is 4.04. The van der Waals surface area contributed by atoms with Crippen molar-refractivity contribution in [3.63, 3.8) is 0 Å². The fraction of sp³-hybridized carbons (Fsp3) is 0.231. The Morgan fingerprint density at radius 3 is 2.60 bits per heavy atom. The summed E-state index contributed by atoms with van der Waals surface area (Å²) in [5, 5.41) is 7.47. The summed E-state index contributed by atoms with van der Waals surface area (Å²) in [7, 11) is 0. The molecular weight excluding hydrogens is 186 g/mol.